The summed E-state index contributed by atoms with van der Waals surface area (Å²) in [5, 5.41) is 13.0. The molecule has 0 spiro atoms. The molecule has 2 heterocycles. The zero-order chi connectivity index (χ0) is 20.8. The van der Waals surface area contributed by atoms with E-state index in [1.54, 1.807) is 18.0 Å². The molecule has 2 aromatic rings. The van der Waals surface area contributed by atoms with Gasteiger partial charge in [-0.3, -0.25) is 20.0 Å². The fraction of sp³-hybridized carbons (Fsp3) is 0.238. The van der Waals surface area contributed by atoms with Crippen molar-refractivity contribution in [2.75, 3.05) is 5.88 Å². The summed E-state index contributed by atoms with van der Waals surface area (Å²) in [4.78, 5) is 27.9. The molecule has 29 heavy (non-hydrogen) atoms. The number of aryl methyl sites for hydroxylation is 2. The van der Waals surface area contributed by atoms with Crippen molar-refractivity contribution in [3.8, 4) is 11.9 Å². The van der Waals surface area contributed by atoms with E-state index in [0.717, 1.165) is 11.3 Å². The summed E-state index contributed by atoms with van der Waals surface area (Å²) >= 11 is 1.53. The lowest BCUT2D eigenvalue weighted by atomic mass is 10.1. The molecule has 0 atom stereocenters. The van der Waals surface area contributed by atoms with Crippen LogP contribution in [0.25, 0.3) is 5.70 Å². The zero-order valence-corrected chi connectivity index (χ0v) is 17.0. The lowest BCUT2D eigenvalue weighted by Gasteiger charge is -2.23. The molecule has 0 saturated heterocycles. The number of benzene rings is 1. The number of ether oxygens (including phenoxy) is 1. The first-order valence-electron chi connectivity index (χ1n) is 9.01. The molecule has 1 amide bonds. The molecule has 0 fully saturated rings. The van der Waals surface area contributed by atoms with Crippen LogP contribution in [0, 0.1) is 18.3 Å². The Labute approximate surface area is 173 Å². The first-order chi connectivity index (χ1) is 14.0. The largest absolute Gasteiger partial charge is 0.406 e. The van der Waals surface area contributed by atoms with E-state index >= 15 is 0 Å². The van der Waals surface area contributed by atoms with E-state index in [0.29, 0.717) is 30.0 Å². The monoisotopic (exact) mass is 408 g/mol. The van der Waals surface area contributed by atoms with Gasteiger partial charge in [0.25, 0.3) is 0 Å². The summed E-state index contributed by atoms with van der Waals surface area (Å²) in [5.41, 5.74) is 6.23. The van der Waals surface area contributed by atoms with E-state index in [9.17, 15) is 14.9 Å². The molecule has 1 aromatic carbocycles. The number of nitrogens with zero attached hydrogens (tertiary/aromatic N) is 3. The van der Waals surface area contributed by atoms with Crippen LogP contribution in [0.5, 0.6) is 5.88 Å². The van der Waals surface area contributed by atoms with Gasteiger partial charge in [0.2, 0.25) is 11.8 Å². The van der Waals surface area contributed by atoms with Crippen molar-refractivity contribution in [1.29, 1.82) is 5.26 Å². The number of carbonyl (C=O) groups is 2. The van der Waals surface area contributed by atoms with Gasteiger partial charge in [0.15, 0.2) is 0 Å². The van der Waals surface area contributed by atoms with Crippen LogP contribution in [-0.2, 0) is 16.0 Å². The Bertz CT molecular complexity index is 999. The van der Waals surface area contributed by atoms with E-state index in [4.69, 9.17) is 4.74 Å². The number of rotatable bonds is 6. The first-order valence-corrected chi connectivity index (χ1v) is 10.1. The number of carbonyl (C=O) groups excluding carboxylic acids is 2. The molecule has 148 valence electrons. The van der Waals surface area contributed by atoms with Crippen molar-refractivity contribution < 1.29 is 14.3 Å². The predicted molar refractivity (Wildman–Crippen MR) is 110 cm³/mol. The smallest absolute Gasteiger partial charge is 0.309 e. The molecule has 8 heteroatoms. The number of thioether (sulfide) groups is 1. The number of pyridine rings is 1. The van der Waals surface area contributed by atoms with Gasteiger partial charge in [-0.05, 0) is 30.4 Å². The molecular weight excluding hydrogens is 388 g/mol. The van der Waals surface area contributed by atoms with Crippen LogP contribution in [0.2, 0.25) is 0 Å². The molecule has 1 aromatic heterocycles. The number of amides is 1. The third-order valence-corrected chi connectivity index (χ3v) is 5.04. The highest BCUT2D eigenvalue weighted by atomic mass is 32.2. The van der Waals surface area contributed by atoms with Crippen molar-refractivity contribution in [3.63, 3.8) is 0 Å². The standard InChI is InChI=1S/C21H20N4O3S/c1-14-18(10-17(11-22)21(23-14)28-15(2)26)19-12-29-13-25(19)24-20(27)9-8-16-6-4-3-5-7-16/h3-7,10,12H,8-9,13H2,1-2H3,(H,24,27). The molecule has 3 rings (SSSR count). The summed E-state index contributed by atoms with van der Waals surface area (Å²) in [6.45, 7) is 3.03. The average molecular weight is 408 g/mol. The maximum Gasteiger partial charge on any atom is 0.309 e. The van der Waals surface area contributed by atoms with Crippen LogP contribution in [0.3, 0.4) is 0 Å². The minimum atomic E-state index is -0.538. The van der Waals surface area contributed by atoms with E-state index in [2.05, 4.69) is 10.4 Å². The minimum Gasteiger partial charge on any atom is -0.406 e. The van der Waals surface area contributed by atoms with Crippen molar-refractivity contribution in [1.82, 2.24) is 15.4 Å². The molecule has 7 nitrogen and oxygen atoms in total. The number of hydrogen-bond acceptors (Lipinski definition) is 7. The Kier molecular flexibility index (Phi) is 6.52. The van der Waals surface area contributed by atoms with Gasteiger partial charge in [-0.1, -0.05) is 30.3 Å². The van der Waals surface area contributed by atoms with E-state index in [1.165, 1.54) is 18.7 Å². The number of hydrazine groups is 1. The molecule has 0 saturated carbocycles. The Morgan fingerprint density at radius 3 is 2.79 bits per heavy atom. The van der Waals surface area contributed by atoms with Gasteiger partial charge in [-0.25, -0.2) is 4.98 Å². The molecule has 1 N–H and O–H groups in total. The Morgan fingerprint density at radius 2 is 2.10 bits per heavy atom. The number of nitriles is 1. The minimum absolute atomic E-state index is 0.00838. The maximum atomic E-state index is 12.4. The van der Waals surface area contributed by atoms with Crippen LogP contribution < -0.4 is 10.2 Å². The highest BCUT2D eigenvalue weighted by molar-refractivity contribution is 8.02. The van der Waals surface area contributed by atoms with Gasteiger partial charge in [0, 0.05) is 18.9 Å². The average Bonchev–Trinajstić information content (AvgIpc) is 3.14. The maximum absolute atomic E-state index is 12.4. The Morgan fingerprint density at radius 1 is 1.34 bits per heavy atom. The van der Waals surface area contributed by atoms with Gasteiger partial charge in [0.05, 0.1) is 17.3 Å². The Balaban J connectivity index is 1.72. The second kappa shape index (κ2) is 9.26. The molecule has 0 bridgehead atoms. The highest BCUT2D eigenvalue weighted by Gasteiger charge is 2.23. The number of nitrogens with one attached hydrogen (secondary N) is 1. The molecule has 1 aliphatic heterocycles. The fourth-order valence-corrected chi connectivity index (χ4v) is 3.71. The third kappa shape index (κ3) is 5.15. The summed E-state index contributed by atoms with van der Waals surface area (Å²) < 4.78 is 5.02. The number of aromatic nitrogens is 1. The zero-order valence-electron chi connectivity index (χ0n) is 16.1. The molecule has 1 aliphatic rings. The van der Waals surface area contributed by atoms with Crippen LogP contribution in [0.15, 0.2) is 41.8 Å². The van der Waals surface area contributed by atoms with Crippen molar-refractivity contribution in [2.24, 2.45) is 0 Å². The third-order valence-electron chi connectivity index (χ3n) is 4.25. The second-order valence-corrected chi connectivity index (χ2v) is 7.25. The molecular formula is C21H20N4O3S. The van der Waals surface area contributed by atoms with Gasteiger partial charge in [0.1, 0.15) is 11.6 Å². The number of hydrogen-bond donors (Lipinski definition) is 1. The van der Waals surface area contributed by atoms with Gasteiger partial charge in [-0.15, -0.1) is 11.8 Å². The quantitative estimate of drug-likeness (QED) is 0.734. The summed E-state index contributed by atoms with van der Waals surface area (Å²) in [7, 11) is 0. The molecule has 0 radical (unpaired) electrons. The van der Waals surface area contributed by atoms with Crippen LogP contribution in [0.1, 0.15) is 35.7 Å². The normalized spacial score (nSPS) is 12.9. The van der Waals surface area contributed by atoms with E-state index in [1.807, 2.05) is 41.8 Å². The summed E-state index contributed by atoms with van der Waals surface area (Å²) in [5.74, 6) is -0.0839. The lowest BCUT2D eigenvalue weighted by molar-refractivity contribution is -0.132. The molecule has 0 unspecified atom stereocenters. The number of esters is 1. The first kappa shape index (κ1) is 20.4. The SMILES string of the molecule is CC(=O)Oc1nc(C)c(C2=CSCN2NC(=O)CCc2ccccc2)cc1C#N. The van der Waals surface area contributed by atoms with Gasteiger partial charge >= 0.3 is 5.97 Å². The van der Waals surface area contributed by atoms with Gasteiger partial charge in [-0.2, -0.15) is 5.26 Å². The molecule has 0 aliphatic carbocycles. The van der Waals surface area contributed by atoms with Crippen LogP contribution in [0.4, 0.5) is 0 Å². The van der Waals surface area contributed by atoms with Gasteiger partial charge < -0.3 is 4.74 Å². The van der Waals surface area contributed by atoms with E-state index in [-0.39, 0.29) is 17.4 Å². The van der Waals surface area contributed by atoms with Crippen LogP contribution >= 0.6 is 11.8 Å². The highest BCUT2D eigenvalue weighted by Crippen LogP contribution is 2.33. The fourth-order valence-electron chi connectivity index (χ4n) is 2.87. The second-order valence-electron chi connectivity index (χ2n) is 6.43. The van der Waals surface area contributed by atoms with Crippen molar-refractivity contribution in [3.05, 3.63) is 64.2 Å². The lowest BCUT2D eigenvalue weighted by Crippen LogP contribution is -2.39. The topological polar surface area (TPSA) is 95.3 Å². The van der Waals surface area contributed by atoms with Crippen molar-refractivity contribution in [2.45, 2.75) is 26.7 Å². The van der Waals surface area contributed by atoms with E-state index < -0.39 is 5.97 Å². The Hall–Kier alpha value is -3.31. The van der Waals surface area contributed by atoms with Crippen LogP contribution in [-0.4, -0.2) is 27.7 Å². The van der Waals surface area contributed by atoms with Crippen molar-refractivity contribution >= 4 is 29.3 Å². The predicted octanol–water partition coefficient (Wildman–Crippen LogP) is 3.16. The summed E-state index contributed by atoms with van der Waals surface area (Å²) in [6.07, 6.45) is 1.02. The summed E-state index contributed by atoms with van der Waals surface area (Å²) in [6, 6.07) is 13.5.